The molecule has 2 aromatic rings. The third kappa shape index (κ3) is 37.5. The highest BCUT2D eigenvalue weighted by molar-refractivity contribution is 6.12. The molecule has 0 spiro atoms. The topological polar surface area (TPSA) is 437 Å². The Morgan fingerprint density at radius 3 is 1.31 bits per heavy atom. The molecule has 0 saturated heterocycles. The molecule has 1 unspecified atom stereocenters. The number of carboxylic acids is 2. The van der Waals surface area contributed by atoms with Crippen LogP contribution >= 0.6 is 0 Å². The van der Waals surface area contributed by atoms with Crippen LogP contribution in [0.2, 0.25) is 0 Å². The molecule has 1 aliphatic heterocycles. The van der Waals surface area contributed by atoms with Gasteiger partial charge in [-0.2, -0.15) is 0 Å². The van der Waals surface area contributed by atoms with Gasteiger partial charge in [-0.1, -0.05) is 67.1 Å². The summed E-state index contributed by atoms with van der Waals surface area (Å²) in [6.07, 6.45) is 6.73. The van der Waals surface area contributed by atoms with Crippen molar-refractivity contribution in [3.8, 4) is 0 Å². The van der Waals surface area contributed by atoms with Crippen molar-refractivity contribution < 1.29 is 101 Å². The number of carbonyl (C=O) groups excluding carboxylic acids is 12. The van der Waals surface area contributed by atoms with E-state index in [2.05, 4.69) is 47.9 Å². The van der Waals surface area contributed by atoms with E-state index in [1.807, 2.05) is 0 Å². The zero-order valence-electron chi connectivity index (χ0n) is 50.8. The largest absolute Gasteiger partial charge is 0.480 e. The number of rotatable bonds is 51. The maximum absolute atomic E-state index is 13.0. The fraction of sp³-hybridized carbons (Fsp3) is 0.533. The summed E-state index contributed by atoms with van der Waals surface area (Å²) in [6.45, 7) is -2.37. The molecule has 500 valence electrons. The molecule has 11 amide bonds. The molecule has 3 rings (SSSR count). The number of imide groups is 1. The van der Waals surface area contributed by atoms with Gasteiger partial charge in [-0.25, -0.2) is 4.79 Å². The van der Waals surface area contributed by atoms with E-state index in [0.717, 1.165) is 0 Å². The lowest BCUT2D eigenvalue weighted by molar-refractivity contribution is -0.143. The third-order valence-corrected chi connectivity index (χ3v) is 13.2. The minimum atomic E-state index is -1.26. The van der Waals surface area contributed by atoms with Gasteiger partial charge in [0.25, 0.3) is 11.8 Å². The number of ether oxygens (including phenoxy) is 5. The molecule has 1 heterocycles. The van der Waals surface area contributed by atoms with Crippen LogP contribution in [0.5, 0.6) is 0 Å². The monoisotopic (exact) mass is 1280 g/mol. The second kappa shape index (κ2) is 46.1. The lowest BCUT2D eigenvalue weighted by atomic mass is 9.94. The van der Waals surface area contributed by atoms with E-state index in [0.29, 0.717) is 82.3 Å². The first-order chi connectivity index (χ1) is 43.8. The van der Waals surface area contributed by atoms with E-state index in [9.17, 15) is 67.1 Å². The number of benzene rings is 2. The summed E-state index contributed by atoms with van der Waals surface area (Å²) < 4.78 is 27.4. The van der Waals surface area contributed by atoms with Crippen LogP contribution in [0.4, 0.5) is 0 Å². The van der Waals surface area contributed by atoms with E-state index in [4.69, 9.17) is 33.9 Å². The predicted molar refractivity (Wildman–Crippen MR) is 320 cm³/mol. The van der Waals surface area contributed by atoms with E-state index in [1.54, 1.807) is 60.7 Å². The lowest BCUT2D eigenvalue weighted by Gasteiger charge is -2.19. The summed E-state index contributed by atoms with van der Waals surface area (Å²) in [7, 11) is 0. The minimum absolute atomic E-state index is 0.0142. The Morgan fingerprint density at radius 2 is 0.835 bits per heavy atom. The normalized spacial score (nSPS) is 12.6. The summed E-state index contributed by atoms with van der Waals surface area (Å²) in [5.41, 5.74) is 1.39. The first kappa shape index (κ1) is 76.2. The molecule has 0 aliphatic carbocycles. The number of ketones is 1. The first-order valence-electron chi connectivity index (χ1n) is 29.7. The van der Waals surface area contributed by atoms with Crippen LogP contribution in [-0.2, 0) is 104 Å². The molecule has 0 aromatic heterocycles. The molecule has 1 aliphatic rings. The van der Waals surface area contributed by atoms with Crippen molar-refractivity contribution in [2.45, 2.75) is 89.1 Å². The molecule has 3 atom stereocenters. The predicted octanol–water partition coefficient (Wildman–Crippen LogP) is -2.52. The molecule has 11 N–H and O–H groups in total. The van der Waals surface area contributed by atoms with Crippen molar-refractivity contribution in [3.63, 3.8) is 0 Å². The summed E-state index contributed by atoms with van der Waals surface area (Å²) in [5, 5.41) is 39.1. The van der Waals surface area contributed by atoms with Crippen LogP contribution in [0.1, 0.15) is 75.3 Å². The fourth-order valence-electron chi connectivity index (χ4n) is 8.35. The highest BCUT2D eigenvalue weighted by Gasteiger charge is 2.25. The highest BCUT2D eigenvalue weighted by atomic mass is 16.5. The third-order valence-electron chi connectivity index (χ3n) is 13.2. The van der Waals surface area contributed by atoms with Crippen LogP contribution < -0.4 is 47.9 Å². The van der Waals surface area contributed by atoms with Crippen LogP contribution in [0.25, 0.3) is 0 Å². The number of carbonyl (C=O) groups is 14. The van der Waals surface area contributed by atoms with Gasteiger partial charge < -0.3 is 81.7 Å². The molecule has 2 aromatic carbocycles. The zero-order chi connectivity index (χ0) is 66.4. The van der Waals surface area contributed by atoms with Gasteiger partial charge in [-0.15, -0.1) is 0 Å². The molecule has 0 radical (unpaired) electrons. The van der Waals surface area contributed by atoms with Gasteiger partial charge in [0.15, 0.2) is 0 Å². The fourth-order valence-corrected chi connectivity index (χ4v) is 8.35. The summed E-state index contributed by atoms with van der Waals surface area (Å²) in [5.74, 6) is -8.94. The number of unbranched alkanes of at least 4 members (excludes halogenated alkanes) is 2. The van der Waals surface area contributed by atoms with Crippen molar-refractivity contribution in [1.29, 1.82) is 0 Å². The molecule has 0 saturated carbocycles. The molecule has 91 heavy (non-hydrogen) atoms. The maximum Gasteiger partial charge on any atom is 0.329 e. The minimum Gasteiger partial charge on any atom is -0.480 e. The van der Waals surface area contributed by atoms with Crippen molar-refractivity contribution in [2.75, 3.05) is 112 Å². The molecule has 0 fully saturated rings. The Labute approximate surface area is 525 Å². The average molecular weight is 1280 g/mol. The summed E-state index contributed by atoms with van der Waals surface area (Å²) in [6, 6.07) is 15.2. The summed E-state index contributed by atoms with van der Waals surface area (Å²) in [4.78, 5) is 172. The van der Waals surface area contributed by atoms with Gasteiger partial charge in [0.2, 0.25) is 53.2 Å². The highest BCUT2D eigenvalue weighted by Crippen LogP contribution is 2.18. The van der Waals surface area contributed by atoms with Gasteiger partial charge in [0.05, 0.1) is 72.4 Å². The van der Waals surface area contributed by atoms with Gasteiger partial charge in [0, 0.05) is 70.4 Å². The van der Waals surface area contributed by atoms with E-state index in [-0.39, 0.29) is 88.8 Å². The van der Waals surface area contributed by atoms with Crippen LogP contribution in [0, 0.1) is 5.92 Å². The standard InChI is InChI=1S/C60H84N10O21/c71-45(14-8-3-9-23-70-55(79)17-18-56(70)80)16-15-42(20-25-88-29-31-90-27-22-49(73)62-35-51(75)64-38-54(78)69-47(60(86)66-39-57(81)82)33-44-12-6-2-7-13-44)19-24-87-28-30-89-26-21-48(72)61-34-50(74)63-37-53(77)68-46(32-43-10-4-1-5-11-43)59(85)65-36-52(76)67-41-91-40-58(83)84/h1-2,4-7,10-13,17-18,42,46-47H,3,8-9,14-16,19-41H2,(H,61,72)(H,62,73)(H,63,74)(H,64,75)(H,65,85)(H,66,86)(H,67,76)(H,68,77)(H,69,78)(H,81,82)(H,83,84)/t42?,46-,47-/m0/s1. The first-order valence-corrected chi connectivity index (χ1v) is 29.7. The van der Waals surface area contributed by atoms with Gasteiger partial charge >= 0.3 is 11.9 Å². The van der Waals surface area contributed by atoms with Crippen LogP contribution in [-0.4, -0.2) is 222 Å². The summed E-state index contributed by atoms with van der Waals surface area (Å²) >= 11 is 0. The maximum atomic E-state index is 13.0. The van der Waals surface area contributed by atoms with Gasteiger partial charge in [-0.05, 0) is 49.1 Å². The van der Waals surface area contributed by atoms with Gasteiger partial charge in [0.1, 0.15) is 37.7 Å². The van der Waals surface area contributed by atoms with E-state index < -0.39 is 130 Å². The number of hydrogen-bond donors (Lipinski definition) is 11. The molecule has 31 nitrogen and oxygen atoms in total. The second-order valence-electron chi connectivity index (χ2n) is 20.5. The second-order valence-corrected chi connectivity index (χ2v) is 20.5. The molecular weight excluding hydrogens is 1200 g/mol. The van der Waals surface area contributed by atoms with Gasteiger partial charge in [-0.3, -0.25) is 67.2 Å². The Morgan fingerprint density at radius 1 is 0.407 bits per heavy atom. The average Bonchev–Trinajstić information content (AvgIpc) is 2.92. The van der Waals surface area contributed by atoms with E-state index in [1.165, 1.54) is 17.1 Å². The molecule has 31 heteroatoms. The Kier molecular flexibility index (Phi) is 38.6. The SMILES string of the molecule is O=C(O)CNC(=O)[C@H](Cc1ccccc1)NC(=O)CNC(=O)CNC(=O)CCOCCOCCC(CCOCCOCCC(=O)NCC(=O)NCC(=O)N[C@@H](Cc1ccccc1)C(=O)NCC(=O)NCOCC(=O)O)CCC(=O)CCCCCN1C(=O)C=CC1=O. The Hall–Kier alpha value is -9.04. The zero-order valence-corrected chi connectivity index (χ0v) is 50.8. The molecular formula is C60H84N10O21. The number of aliphatic carboxylic acids is 2. The number of hydrogen-bond acceptors (Lipinski definition) is 19. The van der Waals surface area contributed by atoms with E-state index >= 15 is 0 Å². The number of carboxylic acid groups (broad SMARTS) is 2. The number of nitrogens with zero attached hydrogens (tertiary/aromatic N) is 1. The van der Waals surface area contributed by atoms with Crippen molar-refractivity contribution in [3.05, 3.63) is 83.9 Å². The van der Waals surface area contributed by atoms with Crippen LogP contribution in [0.3, 0.4) is 0 Å². The number of amides is 11. The Balaban J connectivity index is 1.31. The van der Waals surface area contributed by atoms with Crippen molar-refractivity contribution in [1.82, 2.24) is 52.8 Å². The van der Waals surface area contributed by atoms with Crippen LogP contribution in [0.15, 0.2) is 72.8 Å². The quantitative estimate of drug-likeness (QED) is 0.0185. The Bertz CT molecular complexity index is 2700. The lowest BCUT2D eigenvalue weighted by Crippen LogP contribution is -2.52. The van der Waals surface area contributed by atoms with Crippen molar-refractivity contribution in [2.24, 2.45) is 5.92 Å². The molecule has 0 bridgehead atoms. The number of Topliss-reactive ketones (excluding diaryl/α,β-unsaturated/α-hetero) is 1. The van der Waals surface area contributed by atoms with Crippen molar-refractivity contribution >= 4 is 82.7 Å². The number of nitrogens with one attached hydrogen (secondary N) is 9. The smallest absolute Gasteiger partial charge is 0.329 e.